The lowest BCUT2D eigenvalue weighted by Crippen LogP contribution is -2.45. The van der Waals surface area contributed by atoms with E-state index in [1.54, 1.807) is 12.4 Å². The Labute approximate surface area is 206 Å². The Morgan fingerprint density at radius 1 is 1.23 bits per heavy atom. The number of pyridine rings is 1. The molecule has 0 aromatic carbocycles. The number of hydrogen-bond donors (Lipinski definition) is 2. The van der Waals surface area contributed by atoms with E-state index in [1.165, 1.54) is 11.3 Å². The summed E-state index contributed by atoms with van der Waals surface area (Å²) in [5.74, 6) is 2.61. The van der Waals surface area contributed by atoms with Crippen LogP contribution in [0.2, 0.25) is 0 Å². The molecule has 5 heterocycles. The van der Waals surface area contributed by atoms with Gasteiger partial charge >= 0.3 is 0 Å². The van der Waals surface area contributed by atoms with E-state index in [-0.39, 0.29) is 6.04 Å². The molecule has 2 N–H and O–H groups in total. The lowest BCUT2D eigenvalue weighted by atomic mass is 9.93. The number of nitrogens with zero attached hydrogens (tertiary/aromatic N) is 6. The van der Waals surface area contributed by atoms with Gasteiger partial charge in [-0.25, -0.2) is 8.91 Å². The van der Waals surface area contributed by atoms with Crippen LogP contribution >= 0.6 is 11.3 Å². The van der Waals surface area contributed by atoms with Crippen molar-refractivity contribution >= 4 is 27.7 Å². The first-order valence-electron chi connectivity index (χ1n) is 11.5. The van der Waals surface area contributed by atoms with E-state index in [9.17, 15) is 9.50 Å². The van der Waals surface area contributed by atoms with E-state index < -0.39 is 12.3 Å². The van der Waals surface area contributed by atoms with Crippen LogP contribution in [0.4, 0.5) is 15.2 Å². The summed E-state index contributed by atoms with van der Waals surface area (Å²) in [5, 5.41) is 28.5. The van der Waals surface area contributed by atoms with Gasteiger partial charge in [-0.15, -0.1) is 16.6 Å². The third kappa shape index (κ3) is 4.57. The van der Waals surface area contributed by atoms with E-state index >= 15 is 0 Å². The standard InChI is InChI=1S/C25H26FN7OS/c1-4-17-11-18-5-6-22(33(18)28-13-17)21-12-20(29-16(2)3)19(14-27-21)23-30-31-24(35-23)32-9-7-25(34,15-26)8-10-32/h1,5-6,11-14,16,34H,7-10,15H2,2-3H3,(H,27,29). The smallest absolute Gasteiger partial charge is 0.208 e. The molecule has 0 atom stereocenters. The number of alkyl halides is 1. The highest BCUT2D eigenvalue weighted by atomic mass is 32.1. The molecule has 0 bridgehead atoms. The molecular weight excluding hydrogens is 465 g/mol. The number of piperidine rings is 1. The van der Waals surface area contributed by atoms with Crippen LogP contribution in [0.15, 0.2) is 36.7 Å². The van der Waals surface area contributed by atoms with Crippen molar-refractivity contribution in [1.29, 1.82) is 0 Å². The molecule has 1 aliphatic heterocycles. The second kappa shape index (κ2) is 9.24. The van der Waals surface area contributed by atoms with Gasteiger partial charge in [0.1, 0.15) is 6.67 Å². The summed E-state index contributed by atoms with van der Waals surface area (Å²) >= 11 is 1.46. The molecule has 0 spiro atoms. The third-order valence-corrected chi connectivity index (χ3v) is 7.15. The normalized spacial score (nSPS) is 15.5. The van der Waals surface area contributed by atoms with Gasteiger partial charge in [0.05, 0.1) is 34.3 Å². The number of rotatable bonds is 6. The highest BCUT2D eigenvalue weighted by Crippen LogP contribution is 2.37. The summed E-state index contributed by atoms with van der Waals surface area (Å²) in [6.07, 6.45) is 9.72. The molecule has 0 amide bonds. The number of anilines is 2. The Hall–Kier alpha value is -3.55. The Morgan fingerprint density at radius 2 is 2.03 bits per heavy atom. The van der Waals surface area contributed by atoms with Gasteiger partial charge in [-0.3, -0.25) is 4.98 Å². The fourth-order valence-electron chi connectivity index (χ4n) is 4.17. The van der Waals surface area contributed by atoms with Crippen molar-refractivity contribution in [3.63, 3.8) is 0 Å². The Morgan fingerprint density at radius 3 is 2.74 bits per heavy atom. The molecule has 4 aromatic rings. The third-order valence-electron chi connectivity index (χ3n) is 6.14. The zero-order valence-electron chi connectivity index (χ0n) is 19.6. The maximum atomic E-state index is 13.1. The van der Waals surface area contributed by atoms with Gasteiger partial charge in [0.2, 0.25) is 5.13 Å². The van der Waals surface area contributed by atoms with Gasteiger partial charge in [0, 0.05) is 36.6 Å². The molecule has 0 unspecified atom stereocenters. The predicted molar refractivity (Wildman–Crippen MR) is 136 cm³/mol. The minimum Gasteiger partial charge on any atom is -0.387 e. The summed E-state index contributed by atoms with van der Waals surface area (Å²) in [7, 11) is 0. The Kier molecular flexibility index (Phi) is 6.13. The van der Waals surface area contributed by atoms with Crippen molar-refractivity contribution < 1.29 is 9.50 Å². The monoisotopic (exact) mass is 491 g/mol. The molecule has 1 fully saturated rings. The van der Waals surface area contributed by atoms with E-state index in [0.717, 1.165) is 43.9 Å². The SMILES string of the molecule is C#Cc1cnn2c(-c3cc(NC(C)C)c(-c4nnc(N5CCC(O)(CF)CC5)s4)cn3)ccc2c1. The summed E-state index contributed by atoms with van der Waals surface area (Å²) in [4.78, 5) is 6.77. The van der Waals surface area contributed by atoms with Crippen LogP contribution in [0.1, 0.15) is 32.3 Å². The van der Waals surface area contributed by atoms with Gasteiger partial charge in [-0.05, 0) is 51.0 Å². The summed E-state index contributed by atoms with van der Waals surface area (Å²) < 4.78 is 14.9. The summed E-state index contributed by atoms with van der Waals surface area (Å²) in [5.41, 5.74) is 3.77. The zero-order valence-corrected chi connectivity index (χ0v) is 20.4. The molecule has 4 aromatic heterocycles. The van der Waals surface area contributed by atoms with E-state index in [0.29, 0.717) is 25.9 Å². The van der Waals surface area contributed by atoms with Crippen LogP contribution < -0.4 is 10.2 Å². The van der Waals surface area contributed by atoms with Crippen molar-refractivity contribution in [3.05, 3.63) is 42.2 Å². The van der Waals surface area contributed by atoms with Crippen LogP contribution in [0.5, 0.6) is 0 Å². The van der Waals surface area contributed by atoms with Gasteiger partial charge in [0.15, 0.2) is 5.01 Å². The quantitative estimate of drug-likeness (QED) is 0.394. The number of fused-ring (bicyclic) bond motifs is 1. The van der Waals surface area contributed by atoms with Crippen molar-refractivity contribution in [3.8, 4) is 34.3 Å². The van der Waals surface area contributed by atoms with Crippen LogP contribution in [-0.4, -0.2) is 61.3 Å². The Balaban J connectivity index is 1.46. The molecule has 0 aliphatic carbocycles. The largest absolute Gasteiger partial charge is 0.387 e. The lowest BCUT2D eigenvalue weighted by Gasteiger charge is -2.35. The first-order valence-corrected chi connectivity index (χ1v) is 12.3. The van der Waals surface area contributed by atoms with E-state index in [4.69, 9.17) is 11.4 Å². The van der Waals surface area contributed by atoms with Crippen molar-refractivity contribution in [1.82, 2.24) is 24.8 Å². The maximum Gasteiger partial charge on any atom is 0.208 e. The number of terminal acetylenes is 1. The fourth-order valence-corrected chi connectivity index (χ4v) is 5.09. The molecule has 1 saturated heterocycles. The predicted octanol–water partition coefficient (Wildman–Crippen LogP) is 4.02. The van der Waals surface area contributed by atoms with Gasteiger partial charge in [0.25, 0.3) is 0 Å². The highest BCUT2D eigenvalue weighted by Gasteiger charge is 2.33. The number of aliphatic hydroxyl groups is 1. The van der Waals surface area contributed by atoms with Crippen LogP contribution in [-0.2, 0) is 0 Å². The fraction of sp³-hybridized carbons (Fsp3) is 0.360. The van der Waals surface area contributed by atoms with E-state index in [1.807, 2.05) is 33.7 Å². The number of nitrogens with one attached hydrogen (secondary N) is 1. The topological polar surface area (TPSA) is 91.5 Å². The molecule has 1 aliphatic rings. The van der Waals surface area contributed by atoms with Crippen molar-refractivity contribution in [2.45, 2.75) is 38.3 Å². The van der Waals surface area contributed by atoms with Crippen LogP contribution in [0.3, 0.4) is 0 Å². The van der Waals surface area contributed by atoms with Crippen LogP contribution in [0, 0.1) is 12.3 Å². The number of aromatic nitrogens is 5. The number of halogens is 1. The first-order chi connectivity index (χ1) is 16.9. The first kappa shape index (κ1) is 23.2. The van der Waals surface area contributed by atoms with E-state index in [2.05, 4.69) is 40.4 Å². The average Bonchev–Trinajstić information content (AvgIpc) is 3.51. The molecule has 0 radical (unpaired) electrons. The zero-order chi connectivity index (χ0) is 24.6. The molecule has 8 nitrogen and oxygen atoms in total. The minimum absolute atomic E-state index is 0.192. The van der Waals surface area contributed by atoms with Crippen LogP contribution in [0.25, 0.3) is 27.5 Å². The van der Waals surface area contributed by atoms with Gasteiger partial charge < -0.3 is 15.3 Å². The summed E-state index contributed by atoms with van der Waals surface area (Å²) in [6.45, 7) is 4.51. The molecule has 0 saturated carbocycles. The average molecular weight is 492 g/mol. The molecule has 10 heteroatoms. The highest BCUT2D eigenvalue weighted by molar-refractivity contribution is 7.18. The number of hydrogen-bond acceptors (Lipinski definition) is 8. The second-order valence-electron chi connectivity index (χ2n) is 9.09. The molecule has 180 valence electrons. The minimum atomic E-state index is -1.22. The molecular formula is C25H26FN7OS. The van der Waals surface area contributed by atoms with Crippen molar-refractivity contribution in [2.24, 2.45) is 0 Å². The second-order valence-corrected chi connectivity index (χ2v) is 10.0. The van der Waals surface area contributed by atoms with Gasteiger partial charge in [-0.2, -0.15) is 5.10 Å². The molecule has 5 rings (SSSR count). The summed E-state index contributed by atoms with van der Waals surface area (Å²) in [6, 6.07) is 8.04. The lowest BCUT2D eigenvalue weighted by molar-refractivity contribution is -0.00605. The maximum absolute atomic E-state index is 13.1. The Bertz CT molecular complexity index is 1400. The molecule has 35 heavy (non-hydrogen) atoms. The van der Waals surface area contributed by atoms with Gasteiger partial charge in [-0.1, -0.05) is 17.3 Å². The van der Waals surface area contributed by atoms with Crippen molar-refractivity contribution in [2.75, 3.05) is 30.0 Å².